The summed E-state index contributed by atoms with van der Waals surface area (Å²) in [7, 11) is -2.05. The summed E-state index contributed by atoms with van der Waals surface area (Å²) in [6.07, 6.45) is 1.57. The summed E-state index contributed by atoms with van der Waals surface area (Å²) < 4.78 is 31.4. The van der Waals surface area contributed by atoms with Crippen molar-refractivity contribution in [2.75, 3.05) is 20.3 Å². The molecule has 0 radical (unpaired) electrons. The first-order chi connectivity index (χ1) is 8.99. The Morgan fingerprint density at radius 1 is 1.42 bits per heavy atom. The van der Waals surface area contributed by atoms with Gasteiger partial charge in [-0.3, -0.25) is 0 Å². The second-order valence-electron chi connectivity index (χ2n) is 4.26. The van der Waals surface area contributed by atoms with E-state index in [1.807, 2.05) is 6.92 Å². The topological polar surface area (TPSA) is 80.3 Å². The highest BCUT2D eigenvalue weighted by molar-refractivity contribution is 7.89. The molecule has 0 bridgehead atoms. The minimum Gasteiger partial charge on any atom is -0.383 e. The number of pyridine rings is 1. The molecule has 0 saturated heterocycles. The molecule has 1 heterocycles. The number of nitrogens with one attached hydrogen (secondary N) is 2. The first-order valence-electron chi connectivity index (χ1n) is 6.16. The van der Waals surface area contributed by atoms with E-state index in [9.17, 15) is 8.42 Å². The van der Waals surface area contributed by atoms with Gasteiger partial charge in [-0.25, -0.2) is 18.1 Å². The first-order valence-corrected chi connectivity index (χ1v) is 7.64. The van der Waals surface area contributed by atoms with Crippen LogP contribution in [0.1, 0.15) is 19.4 Å². The largest absolute Gasteiger partial charge is 0.383 e. The van der Waals surface area contributed by atoms with E-state index in [0.29, 0.717) is 13.2 Å². The van der Waals surface area contributed by atoms with Crippen LogP contribution in [0, 0.1) is 0 Å². The molecule has 7 heteroatoms. The highest BCUT2D eigenvalue weighted by atomic mass is 32.2. The molecular weight excluding hydrogens is 266 g/mol. The summed E-state index contributed by atoms with van der Waals surface area (Å²) in [6.45, 7) is 5.60. The van der Waals surface area contributed by atoms with Gasteiger partial charge in [-0.05, 0) is 25.1 Å². The molecule has 0 spiro atoms. The standard InChI is InChI=1S/C12H21N3O3S/c1-4-13-7-11-5-6-12(14-8-11)19(16,17)15-10(2)9-18-3/h5-6,8,10,13,15H,4,7,9H2,1-3H3. The molecule has 19 heavy (non-hydrogen) atoms. The molecule has 1 rings (SSSR count). The Labute approximate surface area is 114 Å². The van der Waals surface area contributed by atoms with Crippen molar-refractivity contribution in [2.45, 2.75) is 31.5 Å². The first kappa shape index (κ1) is 16.0. The van der Waals surface area contributed by atoms with Crippen LogP contribution in [-0.2, 0) is 21.3 Å². The minimum atomic E-state index is -3.58. The normalized spacial score (nSPS) is 13.4. The lowest BCUT2D eigenvalue weighted by Crippen LogP contribution is -2.36. The molecule has 0 saturated carbocycles. The molecule has 1 aromatic rings. The van der Waals surface area contributed by atoms with Crippen molar-refractivity contribution in [1.29, 1.82) is 0 Å². The van der Waals surface area contributed by atoms with E-state index in [0.717, 1.165) is 12.1 Å². The second kappa shape index (κ2) is 7.54. The Balaban J connectivity index is 2.73. The number of hydrogen-bond acceptors (Lipinski definition) is 5. The van der Waals surface area contributed by atoms with Gasteiger partial charge in [0.2, 0.25) is 0 Å². The van der Waals surface area contributed by atoms with Crippen LogP contribution in [0.4, 0.5) is 0 Å². The van der Waals surface area contributed by atoms with Crippen molar-refractivity contribution in [2.24, 2.45) is 0 Å². The van der Waals surface area contributed by atoms with Gasteiger partial charge < -0.3 is 10.1 Å². The van der Waals surface area contributed by atoms with Crippen LogP contribution in [0.5, 0.6) is 0 Å². The third-order valence-corrected chi connectivity index (χ3v) is 3.93. The van der Waals surface area contributed by atoms with Crippen LogP contribution in [0.3, 0.4) is 0 Å². The third kappa shape index (κ3) is 5.23. The van der Waals surface area contributed by atoms with E-state index < -0.39 is 10.0 Å². The molecule has 1 aromatic heterocycles. The minimum absolute atomic E-state index is 0.0238. The molecule has 6 nitrogen and oxygen atoms in total. The zero-order chi connectivity index (χ0) is 14.3. The molecule has 0 amide bonds. The molecule has 0 aliphatic carbocycles. The van der Waals surface area contributed by atoms with E-state index in [1.54, 1.807) is 19.2 Å². The third-order valence-electron chi connectivity index (χ3n) is 2.43. The number of methoxy groups -OCH3 is 1. The fraction of sp³-hybridized carbons (Fsp3) is 0.583. The van der Waals surface area contributed by atoms with E-state index >= 15 is 0 Å². The van der Waals surface area contributed by atoms with Crippen LogP contribution in [-0.4, -0.2) is 39.7 Å². The summed E-state index contributed by atoms with van der Waals surface area (Å²) in [4.78, 5) is 3.99. The number of ether oxygens (including phenoxy) is 1. The average molecular weight is 287 g/mol. The van der Waals surface area contributed by atoms with Gasteiger partial charge in [0, 0.05) is 25.9 Å². The SMILES string of the molecule is CCNCc1ccc(S(=O)(=O)NC(C)COC)nc1. The predicted octanol–water partition coefficient (Wildman–Crippen LogP) is 0.504. The number of sulfonamides is 1. The van der Waals surface area contributed by atoms with Crippen molar-refractivity contribution >= 4 is 10.0 Å². The van der Waals surface area contributed by atoms with Crippen LogP contribution in [0.15, 0.2) is 23.4 Å². The molecule has 0 aliphatic rings. The summed E-state index contributed by atoms with van der Waals surface area (Å²) in [6, 6.07) is 2.97. The quantitative estimate of drug-likeness (QED) is 0.728. The van der Waals surface area contributed by atoms with Gasteiger partial charge in [-0.1, -0.05) is 13.0 Å². The Hall–Kier alpha value is -1.02. The molecule has 108 valence electrons. The summed E-state index contributed by atoms with van der Waals surface area (Å²) in [5.41, 5.74) is 0.950. The number of aromatic nitrogens is 1. The lowest BCUT2D eigenvalue weighted by Gasteiger charge is -2.12. The van der Waals surface area contributed by atoms with Crippen molar-refractivity contribution in [3.05, 3.63) is 23.9 Å². The monoisotopic (exact) mass is 287 g/mol. The molecule has 1 atom stereocenters. The maximum atomic E-state index is 12.0. The molecule has 0 aromatic carbocycles. The molecule has 0 fully saturated rings. The van der Waals surface area contributed by atoms with Gasteiger partial charge in [-0.15, -0.1) is 0 Å². The highest BCUT2D eigenvalue weighted by Gasteiger charge is 2.18. The van der Waals surface area contributed by atoms with Gasteiger partial charge in [0.1, 0.15) is 0 Å². The maximum absolute atomic E-state index is 12.0. The zero-order valence-electron chi connectivity index (χ0n) is 11.5. The van der Waals surface area contributed by atoms with Crippen molar-refractivity contribution in [3.63, 3.8) is 0 Å². The Morgan fingerprint density at radius 2 is 2.16 bits per heavy atom. The van der Waals surface area contributed by atoms with Crippen LogP contribution >= 0.6 is 0 Å². The van der Waals surface area contributed by atoms with E-state index in [4.69, 9.17) is 4.74 Å². The Bertz CT molecular complexity index is 473. The lowest BCUT2D eigenvalue weighted by molar-refractivity contribution is 0.180. The van der Waals surface area contributed by atoms with Gasteiger partial charge in [0.25, 0.3) is 10.0 Å². The van der Waals surface area contributed by atoms with Gasteiger partial charge >= 0.3 is 0 Å². The lowest BCUT2D eigenvalue weighted by atomic mass is 10.3. The Kier molecular flexibility index (Phi) is 6.36. The van der Waals surface area contributed by atoms with E-state index in [1.165, 1.54) is 13.2 Å². The Morgan fingerprint density at radius 3 is 2.68 bits per heavy atom. The number of hydrogen-bond donors (Lipinski definition) is 2. The van der Waals surface area contributed by atoms with Crippen molar-refractivity contribution < 1.29 is 13.2 Å². The summed E-state index contributed by atoms with van der Waals surface area (Å²) in [5, 5.41) is 3.17. The summed E-state index contributed by atoms with van der Waals surface area (Å²) >= 11 is 0. The molecule has 2 N–H and O–H groups in total. The van der Waals surface area contributed by atoms with Crippen molar-refractivity contribution in [1.82, 2.24) is 15.0 Å². The van der Waals surface area contributed by atoms with E-state index in [2.05, 4.69) is 15.0 Å². The van der Waals surface area contributed by atoms with Crippen LogP contribution in [0.2, 0.25) is 0 Å². The van der Waals surface area contributed by atoms with Crippen LogP contribution < -0.4 is 10.0 Å². The van der Waals surface area contributed by atoms with Crippen LogP contribution in [0.25, 0.3) is 0 Å². The fourth-order valence-electron chi connectivity index (χ4n) is 1.55. The van der Waals surface area contributed by atoms with Gasteiger partial charge in [0.15, 0.2) is 5.03 Å². The van der Waals surface area contributed by atoms with Gasteiger partial charge in [0.05, 0.1) is 6.61 Å². The smallest absolute Gasteiger partial charge is 0.258 e. The number of nitrogens with zero attached hydrogens (tertiary/aromatic N) is 1. The second-order valence-corrected chi connectivity index (χ2v) is 5.92. The number of rotatable bonds is 8. The zero-order valence-corrected chi connectivity index (χ0v) is 12.3. The highest BCUT2D eigenvalue weighted by Crippen LogP contribution is 2.07. The summed E-state index contributed by atoms with van der Waals surface area (Å²) in [5.74, 6) is 0. The van der Waals surface area contributed by atoms with Crippen molar-refractivity contribution in [3.8, 4) is 0 Å². The van der Waals surface area contributed by atoms with E-state index in [-0.39, 0.29) is 11.1 Å². The molecular formula is C12H21N3O3S. The molecule has 1 unspecified atom stereocenters. The van der Waals surface area contributed by atoms with Gasteiger partial charge in [-0.2, -0.15) is 0 Å². The predicted molar refractivity (Wildman–Crippen MR) is 73.3 cm³/mol. The average Bonchev–Trinajstić information content (AvgIpc) is 2.36. The fourth-order valence-corrected chi connectivity index (χ4v) is 2.71. The molecule has 0 aliphatic heterocycles. The maximum Gasteiger partial charge on any atom is 0.258 e.